The number of fused-ring (bicyclic) bond motifs is 1. The molecule has 0 spiro atoms. The first-order valence-corrected chi connectivity index (χ1v) is 14.2. The minimum atomic E-state index is -3.81. The van der Waals surface area contributed by atoms with Gasteiger partial charge in [-0.05, 0) is 73.5 Å². The summed E-state index contributed by atoms with van der Waals surface area (Å²) in [6.07, 6.45) is 2.13. The Hall–Kier alpha value is -2.58. The number of halogens is 3. The molecule has 0 saturated carbocycles. The van der Waals surface area contributed by atoms with Crippen molar-refractivity contribution in [2.75, 3.05) is 13.5 Å². The fraction of sp³-hybridized carbons (Fsp3) is 0.280. The Labute approximate surface area is 216 Å². The summed E-state index contributed by atoms with van der Waals surface area (Å²) in [5, 5.41) is 5.14. The number of ether oxygens (including phenoxy) is 1. The maximum atomic E-state index is 13.9. The fourth-order valence-corrected chi connectivity index (χ4v) is 6.14. The van der Waals surface area contributed by atoms with E-state index in [1.54, 1.807) is 44.4 Å². The molecule has 0 saturated heterocycles. The second-order valence-electron chi connectivity index (χ2n) is 9.05. The summed E-state index contributed by atoms with van der Waals surface area (Å²) in [5.74, 6) is -2.91. The van der Waals surface area contributed by atoms with E-state index in [1.807, 2.05) is 0 Å². The normalized spacial score (nSPS) is 14.5. The minimum Gasteiger partial charge on any atom is -0.438 e. The molecule has 0 bridgehead atoms. The molecule has 0 aliphatic heterocycles. The highest BCUT2D eigenvalue weighted by atomic mass is 35.5. The highest BCUT2D eigenvalue weighted by Gasteiger charge is 2.39. The van der Waals surface area contributed by atoms with Crippen molar-refractivity contribution >= 4 is 58.3 Å². The third kappa shape index (κ3) is 6.59. The van der Waals surface area contributed by atoms with Gasteiger partial charge in [0.15, 0.2) is 6.79 Å². The van der Waals surface area contributed by atoms with Gasteiger partial charge in [0.2, 0.25) is 13.3 Å². The van der Waals surface area contributed by atoms with Gasteiger partial charge in [0, 0.05) is 28.2 Å². The third-order valence-electron chi connectivity index (χ3n) is 5.16. The van der Waals surface area contributed by atoms with Crippen LogP contribution in [-0.2, 0) is 23.4 Å². The molecule has 36 heavy (non-hydrogen) atoms. The van der Waals surface area contributed by atoms with Gasteiger partial charge in [-0.3, -0.25) is 18.7 Å². The van der Waals surface area contributed by atoms with Crippen LogP contribution in [0, 0.1) is 17.0 Å². The molecule has 2 aromatic carbocycles. The molecule has 0 aliphatic carbocycles. The van der Waals surface area contributed by atoms with Crippen molar-refractivity contribution in [2.24, 2.45) is 5.41 Å². The Morgan fingerprint density at radius 3 is 2.50 bits per heavy atom. The topological polar surface area (TPSA) is 81.7 Å². The van der Waals surface area contributed by atoms with Crippen molar-refractivity contribution < 1.29 is 32.2 Å². The minimum absolute atomic E-state index is 0.341. The molecular formula is C25H25ClF2NO5PS. The van der Waals surface area contributed by atoms with Crippen LogP contribution in [0.15, 0.2) is 48.0 Å². The molecule has 1 aromatic heterocycles. The zero-order chi connectivity index (χ0) is 26.7. The van der Waals surface area contributed by atoms with Crippen LogP contribution in [0.3, 0.4) is 0 Å². The van der Waals surface area contributed by atoms with Gasteiger partial charge in [-0.2, -0.15) is 0 Å². The van der Waals surface area contributed by atoms with Crippen LogP contribution in [0.25, 0.3) is 16.2 Å². The number of esters is 1. The number of hydrogen-bond donors (Lipinski definition) is 1. The number of amides is 1. The first-order chi connectivity index (χ1) is 16.8. The van der Waals surface area contributed by atoms with Crippen molar-refractivity contribution in [3.63, 3.8) is 0 Å². The molecular weight excluding hydrogens is 531 g/mol. The smallest absolute Gasteiger partial charge is 0.313 e. The van der Waals surface area contributed by atoms with E-state index in [1.165, 1.54) is 24.1 Å². The lowest BCUT2D eigenvalue weighted by molar-refractivity contribution is -0.159. The van der Waals surface area contributed by atoms with Gasteiger partial charge in [-0.25, -0.2) is 8.78 Å². The zero-order valence-corrected chi connectivity index (χ0v) is 22.5. The Morgan fingerprint density at radius 2 is 1.86 bits per heavy atom. The van der Waals surface area contributed by atoms with E-state index >= 15 is 0 Å². The molecule has 6 nitrogen and oxygen atoms in total. The molecule has 0 radical (unpaired) electrons. The molecule has 1 heterocycles. The Bertz CT molecular complexity index is 1350. The van der Waals surface area contributed by atoms with E-state index < -0.39 is 48.7 Å². The van der Waals surface area contributed by atoms with Gasteiger partial charge in [0.1, 0.15) is 17.3 Å². The summed E-state index contributed by atoms with van der Waals surface area (Å²) in [5.41, 5.74) is -2.07. The van der Waals surface area contributed by atoms with Crippen LogP contribution in [0.1, 0.15) is 37.6 Å². The first kappa shape index (κ1) is 28.0. The van der Waals surface area contributed by atoms with Crippen molar-refractivity contribution in [1.82, 2.24) is 5.32 Å². The van der Waals surface area contributed by atoms with Gasteiger partial charge in [-0.1, -0.05) is 17.7 Å². The van der Waals surface area contributed by atoms with E-state index in [9.17, 15) is 22.9 Å². The average Bonchev–Trinajstić information content (AvgIpc) is 3.17. The molecule has 2 atom stereocenters. The van der Waals surface area contributed by atoms with E-state index in [4.69, 9.17) is 20.9 Å². The summed E-state index contributed by atoms with van der Waals surface area (Å²) < 4.78 is 52.9. The van der Waals surface area contributed by atoms with Crippen LogP contribution in [-0.4, -0.2) is 25.3 Å². The van der Waals surface area contributed by atoms with Gasteiger partial charge in [0.25, 0.3) is 0 Å². The predicted molar refractivity (Wildman–Crippen MR) is 138 cm³/mol. The Morgan fingerprint density at radius 1 is 1.19 bits per heavy atom. The number of benzene rings is 2. The molecule has 0 aliphatic rings. The SMILES string of the molecule is CC(C)(C)C(=O)OCOP(C)(=O)C(C(=O)NC=Cc1c(F)cccc1F)c1csc2ccc(Cl)cc12. The molecule has 1 N–H and O–H groups in total. The lowest BCUT2D eigenvalue weighted by Crippen LogP contribution is -2.27. The van der Waals surface area contributed by atoms with Crippen molar-refractivity contribution in [2.45, 2.75) is 26.4 Å². The predicted octanol–water partition coefficient (Wildman–Crippen LogP) is 7.13. The first-order valence-electron chi connectivity index (χ1n) is 10.8. The lowest BCUT2D eigenvalue weighted by Gasteiger charge is -2.24. The quantitative estimate of drug-likeness (QED) is 0.182. The molecule has 2 unspecified atom stereocenters. The number of carbonyl (C=O) groups excluding carboxylic acids is 2. The Kier molecular flexibility index (Phi) is 8.72. The number of hydrogen-bond acceptors (Lipinski definition) is 6. The maximum absolute atomic E-state index is 13.9. The average molecular weight is 556 g/mol. The highest BCUT2D eigenvalue weighted by Crippen LogP contribution is 2.59. The molecule has 0 fully saturated rings. The molecule has 1 amide bonds. The summed E-state index contributed by atoms with van der Waals surface area (Å²) in [4.78, 5) is 25.4. The largest absolute Gasteiger partial charge is 0.438 e. The number of nitrogens with one attached hydrogen (secondary N) is 1. The molecule has 3 aromatic rings. The number of thiophene rings is 1. The number of carbonyl (C=O) groups is 2. The standard InChI is InChI=1S/C25H25ClF2NO5PS/c1-25(2,3)24(31)33-14-34-35(4,32)22(18-13-36-21-9-8-15(26)12-17(18)21)23(30)29-11-10-16-19(27)6-5-7-20(16)28/h5-13,22H,14H2,1-4H3,(H,29,30). The van der Waals surface area contributed by atoms with Crippen LogP contribution in [0.4, 0.5) is 8.78 Å². The van der Waals surface area contributed by atoms with E-state index in [0.29, 0.717) is 16.0 Å². The third-order valence-corrected chi connectivity index (χ3v) is 8.45. The Balaban J connectivity index is 1.91. The van der Waals surface area contributed by atoms with E-state index in [2.05, 4.69) is 5.32 Å². The van der Waals surface area contributed by atoms with Gasteiger partial charge >= 0.3 is 5.97 Å². The van der Waals surface area contributed by atoms with Crippen molar-refractivity contribution in [3.05, 3.63) is 75.8 Å². The fourth-order valence-electron chi connectivity index (χ4n) is 3.27. The molecule has 3 rings (SSSR count). The summed E-state index contributed by atoms with van der Waals surface area (Å²) >= 11 is 7.48. The van der Waals surface area contributed by atoms with Gasteiger partial charge < -0.3 is 10.1 Å². The monoisotopic (exact) mass is 555 g/mol. The van der Waals surface area contributed by atoms with Crippen molar-refractivity contribution in [1.29, 1.82) is 0 Å². The molecule has 11 heteroatoms. The van der Waals surface area contributed by atoms with Crippen LogP contribution in [0.2, 0.25) is 5.02 Å². The lowest BCUT2D eigenvalue weighted by atomic mass is 9.98. The highest BCUT2D eigenvalue weighted by molar-refractivity contribution is 7.59. The van der Waals surface area contributed by atoms with Crippen LogP contribution >= 0.6 is 30.3 Å². The van der Waals surface area contributed by atoms with E-state index in [0.717, 1.165) is 29.1 Å². The van der Waals surface area contributed by atoms with Gasteiger partial charge in [-0.15, -0.1) is 11.3 Å². The van der Waals surface area contributed by atoms with Crippen LogP contribution in [0.5, 0.6) is 0 Å². The second-order valence-corrected chi connectivity index (χ2v) is 13.0. The molecule has 192 valence electrons. The zero-order valence-electron chi connectivity index (χ0n) is 20.0. The second kappa shape index (κ2) is 11.2. The van der Waals surface area contributed by atoms with Crippen LogP contribution < -0.4 is 5.32 Å². The summed E-state index contributed by atoms with van der Waals surface area (Å²) in [6, 6.07) is 8.50. The number of rotatable bonds is 8. The van der Waals surface area contributed by atoms with Gasteiger partial charge in [0.05, 0.1) is 5.41 Å². The van der Waals surface area contributed by atoms with E-state index in [-0.39, 0.29) is 5.56 Å². The summed E-state index contributed by atoms with van der Waals surface area (Å²) in [6.45, 7) is 5.61. The maximum Gasteiger partial charge on any atom is 0.313 e. The summed E-state index contributed by atoms with van der Waals surface area (Å²) in [7, 11) is -3.81. The van der Waals surface area contributed by atoms with Crippen molar-refractivity contribution in [3.8, 4) is 0 Å².